The van der Waals surface area contributed by atoms with Crippen molar-refractivity contribution in [3.05, 3.63) is 59.1 Å². The van der Waals surface area contributed by atoms with Gasteiger partial charge < -0.3 is 29.1 Å². The van der Waals surface area contributed by atoms with Gasteiger partial charge in [-0.1, -0.05) is 19.9 Å². The van der Waals surface area contributed by atoms with Crippen LogP contribution in [-0.4, -0.2) is 83.5 Å². The lowest BCUT2D eigenvalue weighted by Gasteiger charge is -2.29. The lowest BCUT2D eigenvalue weighted by molar-refractivity contribution is -0.140. The van der Waals surface area contributed by atoms with Crippen LogP contribution in [0.5, 0.6) is 17.2 Å². The molecular weight excluding hydrogens is 488 g/mol. The number of likely N-dealkylation sites (N-methyl/N-ethyl adjacent to an activating group) is 1. The van der Waals surface area contributed by atoms with Crippen LogP contribution < -0.4 is 14.2 Å². The van der Waals surface area contributed by atoms with Crippen LogP contribution >= 0.6 is 0 Å². The zero-order chi connectivity index (χ0) is 27.6. The molecule has 38 heavy (non-hydrogen) atoms. The third kappa shape index (κ3) is 4.56. The summed E-state index contributed by atoms with van der Waals surface area (Å²) in [5.41, 5.74) is 2.04. The molecule has 1 fully saturated rings. The van der Waals surface area contributed by atoms with Crippen LogP contribution in [-0.2, 0) is 9.59 Å². The quantitative estimate of drug-likeness (QED) is 0.245. The first kappa shape index (κ1) is 27.0. The molecule has 2 aromatic heterocycles. The molecule has 202 valence electrons. The van der Waals surface area contributed by atoms with E-state index in [1.165, 1.54) is 26.2 Å². The minimum atomic E-state index is -0.882. The lowest BCUT2D eigenvalue weighted by Crippen LogP contribution is -2.38. The van der Waals surface area contributed by atoms with E-state index in [9.17, 15) is 14.7 Å². The van der Waals surface area contributed by atoms with Crippen molar-refractivity contribution in [2.75, 3.05) is 47.5 Å². The van der Waals surface area contributed by atoms with Crippen molar-refractivity contribution in [1.29, 1.82) is 0 Å². The maximum Gasteiger partial charge on any atom is 0.295 e. The number of methoxy groups -OCH3 is 3. The average molecular weight is 523 g/mol. The second-order valence-electron chi connectivity index (χ2n) is 8.95. The van der Waals surface area contributed by atoms with Gasteiger partial charge in [0, 0.05) is 19.3 Å². The van der Waals surface area contributed by atoms with Crippen LogP contribution in [0.3, 0.4) is 0 Å². The number of likely N-dealkylation sites (tertiary alicyclic amines) is 1. The normalized spacial score (nSPS) is 17.0. The maximum atomic E-state index is 13.6. The van der Waals surface area contributed by atoms with E-state index in [4.69, 9.17) is 14.2 Å². The summed E-state index contributed by atoms with van der Waals surface area (Å²) in [7, 11) is 4.50. The SMILES string of the molecule is CCN(CC)CCN1C(=O)C(=O)/C(=C(/O)c2c(C)nc3ccccn23)[C@H]1c1cc(OC)c(OC)c(OC)c1. The van der Waals surface area contributed by atoms with Gasteiger partial charge in [0.1, 0.15) is 11.3 Å². The predicted molar refractivity (Wildman–Crippen MR) is 143 cm³/mol. The smallest absolute Gasteiger partial charge is 0.295 e. The van der Waals surface area contributed by atoms with Crippen LogP contribution in [0, 0.1) is 6.92 Å². The standard InChI is InChI=1S/C28H34N4O6/c1-7-30(8-2)13-14-32-24(18-15-19(36-4)27(38-6)20(16-18)37-5)22(26(34)28(32)35)25(33)23-17(3)29-21-11-9-10-12-31(21)23/h9-12,15-16,24,33H,7-8,13-14H2,1-6H3/b25-22+/t24-/m1/s1. The highest BCUT2D eigenvalue weighted by Gasteiger charge is 2.47. The number of aromatic nitrogens is 2. The van der Waals surface area contributed by atoms with Crippen LogP contribution in [0.1, 0.15) is 36.8 Å². The summed E-state index contributed by atoms with van der Waals surface area (Å²) in [5.74, 6) is -0.584. The highest BCUT2D eigenvalue weighted by molar-refractivity contribution is 6.46. The van der Waals surface area contributed by atoms with E-state index in [0.29, 0.717) is 46.4 Å². The summed E-state index contributed by atoms with van der Waals surface area (Å²) in [5, 5.41) is 11.7. The van der Waals surface area contributed by atoms with E-state index in [0.717, 1.165) is 13.1 Å². The zero-order valence-corrected chi connectivity index (χ0v) is 22.6. The Kier molecular flexibility index (Phi) is 7.91. The zero-order valence-electron chi connectivity index (χ0n) is 22.6. The topological polar surface area (TPSA) is 106 Å². The first-order chi connectivity index (χ1) is 18.3. The third-order valence-corrected chi connectivity index (χ3v) is 7.02. The molecule has 1 amide bonds. The Bertz CT molecular complexity index is 1370. The minimum absolute atomic E-state index is 0.0161. The summed E-state index contributed by atoms with van der Waals surface area (Å²) >= 11 is 0. The van der Waals surface area contributed by atoms with Crippen molar-refractivity contribution in [3.8, 4) is 17.2 Å². The van der Waals surface area contributed by atoms with E-state index < -0.39 is 17.7 Å². The second kappa shape index (κ2) is 11.1. The largest absolute Gasteiger partial charge is 0.505 e. The van der Waals surface area contributed by atoms with Gasteiger partial charge in [-0.25, -0.2) is 4.98 Å². The molecule has 3 aromatic rings. The number of hydrogen-bond acceptors (Lipinski definition) is 8. The van der Waals surface area contributed by atoms with E-state index in [-0.39, 0.29) is 17.9 Å². The molecule has 0 radical (unpaired) electrons. The molecule has 1 saturated heterocycles. The van der Waals surface area contributed by atoms with E-state index in [2.05, 4.69) is 9.88 Å². The molecule has 0 spiro atoms. The number of Topliss-reactive ketones (excluding diaryl/α,β-unsaturated/α-hetero) is 1. The molecule has 1 N–H and O–H groups in total. The summed E-state index contributed by atoms with van der Waals surface area (Å²) < 4.78 is 18.3. The van der Waals surface area contributed by atoms with Crippen molar-refractivity contribution < 1.29 is 28.9 Å². The fraction of sp³-hybridized carbons (Fsp3) is 0.393. The highest BCUT2D eigenvalue weighted by atomic mass is 16.5. The summed E-state index contributed by atoms with van der Waals surface area (Å²) in [6.07, 6.45) is 1.76. The second-order valence-corrected chi connectivity index (χ2v) is 8.95. The molecule has 1 atom stereocenters. The van der Waals surface area contributed by atoms with Gasteiger partial charge in [0.2, 0.25) is 5.75 Å². The number of imidazole rings is 1. The van der Waals surface area contributed by atoms with Crippen molar-refractivity contribution in [2.45, 2.75) is 26.8 Å². The number of rotatable bonds is 10. The van der Waals surface area contributed by atoms with Gasteiger partial charge in [-0.05, 0) is 49.8 Å². The summed E-state index contributed by atoms with van der Waals surface area (Å²) in [6, 6.07) is 7.99. The van der Waals surface area contributed by atoms with E-state index >= 15 is 0 Å². The number of ketones is 1. The molecule has 1 aliphatic rings. The van der Waals surface area contributed by atoms with Gasteiger partial charge in [0.25, 0.3) is 11.7 Å². The molecule has 1 aliphatic heterocycles. The first-order valence-electron chi connectivity index (χ1n) is 12.6. The first-order valence-corrected chi connectivity index (χ1v) is 12.6. The van der Waals surface area contributed by atoms with Gasteiger partial charge in [-0.15, -0.1) is 0 Å². The molecule has 4 rings (SSSR count). The van der Waals surface area contributed by atoms with Crippen molar-refractivity contribution >= 4 is 23.1 Å². The number of benzene rings is 1. The monoisotopic (exact) mass is 522 g/mol. The molecule has 10 nitrogen and oxygen atoms in total. The molecule has 0 aliphatic carbocycles. The van der Waals surface area contributed by atoms with E-state index in [1.54, 1.807) is 29.7 Å². The third-order valence-electron chi connectivity index (χ3n) is 7.02. The van der Waals surface area contributed by atoms with Gasteiger partial charge in [-0.3, -0.25) is 14.0 Å². The number of hydrogen-bond donors (Lipinski definition) is 1. The molecule has 1 aromatic carbocycles. The Morgan fingerprint density at radius 3 is 2.29 bits per heavy atom. The Morgan fingerprint density at radius 1 is 1.05 bits per heavy atom. The number of carbonyl (C=O) groups is 2. The minimum Gasteiger partial charge on any atom is -0.505 e. The number of amides is 1. The van der Waals surface area contributed by atoms with Gasteiger partial charge in [-0.2, -0.15) is 0 Å². The molecule has 0 unspecified atom stereocenters. The molecule has 3 heterocycles. The van der Waals surface area contributed by atoms with Gasteiger partial charge in [0.15, 0.2) is 17.3 Å². The number of ether oxygens (including phenoxy) is 3. The van der Waals surface area contributed by atoms with E-state index in [1.807, 2.05) is 32.0 Å². The summed E-state index contributed by atoms with van der Waals surface area (Å²) in [6.45, 7) is 8.30. The predicted octanol–water partition coefficient (Wildman–Crippen LogP) is 3.43. The number of nitrogens with zero attached hydrogens (tertiary/aromatic N) is 4. The Hall–Kier alpha value is -4.05. The Balaban J connectivity index is 1.96. The Labute approximate surface area is 222 Å². The number of aryl methyl sites for hydroxylation is 1. The van der Waals surface area contributed by atoms with Crippen molar-refractivity contribution in [1.82, 2.24) is 19.2 Å². The van der Waals surface area contributed by atoms with Crippen LogP contribution in [0.15, 0.2) is 42.1 Å². The fourth-order valence-corrected chi connectivity index (χ4v) is 5.03. The Morgan fingerprint density at radius 2 is 1.71 bits per heavy atom. The van der Waals surface area contributed by atoms with Gasteiger partial charge >= 0.3 is 0 Å². The molecule has 0 saturated carbocycles. The number of fused-ring (bicyclic) bond motifs is 1. The fourth-order valence-electron chi connectivity index (χ4n) is 5.03. The highest BCUT2D eigenvalue weighted by Crippen LogP contribution is 2.45. The summed E-state index contributed by atoms with van der Waals surface area (Å²) in [4.78, 5) is 35.2. The number of aliphatic hydroxyl groups excluding tert-OH is 1. The van der Waals surface area contributed by atoms with Gasteiger partial charge in [0.05, 0.1) is 38.6 Å². The van der Waals surface area contributed by atoms with Crippen LogP contribution in [0.2, 0.25) is 0 Å². The van der Waals surface area contributed by atoms with Crippen LogP contribution in [0.4, 0.5) is 0 Å². The maximum absolute atomic E-state index is 13.6. The van der Waals surface area contributed by atoms with Crippen molar-refractivity contribution in [2.24, 2.45) is 0 Å². The lowest BCUT2D eigenvalue weighted by atomic mass is 9.95. The number of pyridine rings is 1. The molecule has 10 heteroatoms. The number of aliphatic hydroxyl groups is 1. The van der Waals surface area contributed by atoms with Crippen molar-refractivity contribution in [3.63, 3.8) is 0 Å². The molecular formula is C28H34N4O6. The average Bonchev–Trinajstić information content (AvgIpc) is 3.40. The number of carbonyl (C=O) groups excluding carboxylic acids is 2. The molecule has 0 bridgehead atoms. The van der Waals surface area contributed by atoms with Crippen LogP contribution in [0.25, 0.3) is 11.4 Å².